The van der Waals surface area contributed by atoms with Crippen molar-refractivity contribution in [3.63, 3.8) is 0 Å². The molecule has 0 aromatic carbocycles. The Hall–Kier alpha value is -0.560. The molecule has 1 aliphatic rings. The lowest BCUT2D eigenvalue weighted by Crippen LogP contribution is -2.36. The Morgan fingerprint density at radius 3 is 2.53 bits per heavy atom. The third kappa shape index (κ3) is 3.70. The van der Waals surface area contributed by atoms with Gasteiger partial charge in [-0.2, -0.15) is 5.26 Å². The molecule has 0 aliphatic heterocycles. The number of rotatable bonds is 5. The Labute approximate surface area is 105 Å². The monoisotopic (exact) mass is 257 g/mol. The quantitative estimate of drug-likeness (QED) is 0.761. The number of hydrogen-bond donors (Lipinski definition) is 0. The van der Waals surface area contributed by atoms with E-state index in [1.165, 1.54) is 0 Å². The van der Waals surface area contributed by atoms with E-state index in [9.17, 15) is 8.42 Å². The van der Waals surface area contributed by atoms with Gasteiger partial charge in [-0.25, -0.2) is 8.42 Å². The van der Waals surface area contributed by atoms with Crippen LogP contribution in [0.25, 0.3) is 0 Å². The van der Waals surface area contributed by atoms with Crippen molar-refractivity contribution in [3.8, 4) is 6.07 Å². The van der Waals surface area contributed by atoms with Crippen molar-refractivity contribution in [1.29, 1.82) is 5.26 Å². The Morgan fingerprint density at radius 2 is 2.00 bits per heavy atom. The summed E-state index contributed by atoms with van der Waals surface area (Å²) in [5.74, 6) is 0.462. The van der Waals surface area contributed by atoms with Gasteiger partial charge in [0.25, 0.3) is 0 Å². The molecule has 0 radical (unpaired) electrons. The van der Waals surface area contributed by atoms with Crippen LogP contribution in [0.4, 0.5) is 0 Å². The molecule has 3 atom stereocenters. The number of nitriles is 1. The molecular formula is C13H23NO2S. The van der Waals surface area contributed by atoms with Gasteiger partial charge in [0.05, 0.1) is 23.0 Å². The standard InChI is InChI=1S/C13H23NO2S/c1-3-5-8-17(15,16)13-9-11(4-2)6-7-12(13)10-14/h11-13H,3-9H2,1-2H3. The lowest BCUT2D eigenvalue weighted by atomic mass is 9.81. The first-order chi connectivity index (χ1) is 8.05. The average Bonchev–Trinajstić information content (AvgIpc) is 2.35. The summed E-state index contributed by atoms with van der Waals surface area (Å²) in [7, 11) is -3.07. The molecule has 0 N–H and O–H groups in total. The van der Waals surface area contributed by atoms with E-state index < -0.39 is 15.1 Å². The lowest BCUT2D eigenvalue weighted by molar-refractivity contribution is 0.308. The number of hydrogen-bond acceptors (Lipinski definition) is 3. The molecule has 1 aliphatic carbocycles. The third-order valence-corrected chi connectivity index (χ3v) is 6.19. The van der Waals surface area contributed by atoms with Gasteiger partial charge in [0, 0.05) is 0 Å². The van der Waals surface area contributed by atoms with Crippen molar-refractivity contribution >= 4 is 9.84 Å². The van der Waals surface area contributed by atoms with Crippen LogP contribution in [0.2, 0.25) is 0 Å². The highest BCUT2D eigenvalue weighted by Gasteiger charge is 2.38. The summed E-state index contributed by atoms with van der Waals surface area (Å²) in [5.41, 5.74) is 0. The van der Waals surface area contributed by atoms with E-state index in [2.05, 4.69) is 13.0 Å². The smallest absolute Gasteiger partial charge is 0.154 e. The highest BCUT2D eigenvalue weighted by atomic mass is 32.2. The largest absolute Gasteiger partial charge is 0.229 e. The molecule has 0 spiro atoms. The van der Waals surface area contributed by atoms with Gasteiger partial charge >= 0.3 is 0 Å². The second kappa shape index (κ2) is 6.39. The molecule has 3 unspecified atom stereocenters. The van der Waals surface area contributed by atoms with Gasteiger partial charge in [0.2, 0.25) is 0 Å². The Balaban J connectivity index is 2.79. The van der Waals surface area contributed by atoms with Crippen LogP contribution in [0.3, 0.4) is 0 Å². The molecule has 0 aromatic rings. The summed E-state index contributed by atoms with van der Waals surface area (Å²) < 4.78 is 24.4. The summed E-state index contributed by atoms with van der Waals surface area (Å²) in [4.78, 5) is 0. The van der Waals surface area contributed by atoms with Gasteiger partial charge in [0.15, 0.2) is 9.84 Å². The summed E-state index contributed by atoms with van der Waals surface area (Å²) in [5, 5.41) is 8.69. The predicted octanol–water partition coefficient (Wildman–Crippen LogP) is 2.92. The fourth-order valence-corrected chi connectivity index (χ4v) is 4.88. The number of sulfone groups is 1. The minimum Gasteiger partial charge on any atom is -0.229 e. The maximum absolute atomic E-state index is 12.2. The van der Waals surface area contributed by atoms with Crippen molar-refractivity contribution in [3.05, 3.63) is 0 Å². The third-order valence-electron chi connectivity index (χ3n) is 3.89. The molecular weight excluding hydrogens is 234 g/mol. The molecule has 1 rings (SSSR count). The second-order valence-corrected chi connectivity index (χ2v) is 7.42. The van der Waals surface area contributed by atoms with Crippen LogP contribution >= 0.6 is 0 Å². The highest BCUT2D eigenvalue weighted by Crippen LogP contribution is 2.35. The molecule has 0 amide bonds. The van der Waals surface area contributed by atoms with E-state index >= 15 is 0 Å². The topological polar surface area (TPSA) is 57.9 Å². The molecule has 17 heavy (non-hydrogen) atoms. The predicted molar refractivity (Wildman–Crippen MR) is 69.2 cm³/mol. The molecule has 3 nitrogen and oxygen atoms in total. The van der Waals surface area contributed by atoms with Crippen molar-refractivity contribution in [2.24, 2.45) is 11.8 Å². The first kappa shape index (κ1) is 14.5. The maximum atomic E-state index is 12.2. The van der Waals surface area contributed by atoms with E-state index in [1.54, 1.807) is 0 Å². The van der Waals surface area contributed by atoms with Crippen LogP contribution in [-0.2, 0) is 9.84 Å². The van der Waals surface area contributed by atoms with Gasteiger partial charge in [0.1, 0.15) is 0 Å². The van der Waals surface area contributed by atoms with Gasteiger partial charge in [-0.05, 0) is 31.6 Å². The van der Waals surface area contributed by atoms with Crippen LogP contribution < -0.4 is 0 Å². The second-order valence-electron chi connectivity index (χ2n) is 5.08. The van der Waals surface area contributed by atoms with E-state index in [-0.39, 0.29) is 11.7 Å². The normalized spacial score (nSPS) is 29.8. The lowest BCUT2D eigenvalue weighted by Gasteiger charge is -2.31. The van der Waals surface area contributed by atoms with E-state index in [0.29, 0.717) is 18.8 Å². The molecule has 0 aromatic heterocycles. The van der Waals surface area contributed by atoms with Crippen LogP contribution in [0.15, 0.2) is 0 Å². The fraction of sp³-hybridized carbons (Fsp3) is 0.923. The van der Waals surface area contributed by atoms with E-state index in [0.717, 1.165) is 25.7 Å². The summed E-state index contributed by atoms with van der Waals surface area (Å²) in [6, 6.07) is 2.20. The van der Waals surface area contributed by atoms with E-state index in [1.807, 2.05) is 6.92 Å². The van der Waals surface area contributed by atoms with Crippen molar-refractivity contribution in [2.75, 3.05) is 5.75 Å². The molecule has 98 valence electrons. The van der Waals surface area contributed by atoms with Crippen molar-refractivity contribution in [1.82, 2.24) is 0 Å². The summed E-state index contributed by atoms with van der Waals surface area (Å²) in [6.07, 6.45) is 5.09. The molecule has 1 fully saturated rings. The molecule has 1 saturated carbocycles. The first-order valence-corrected chi connectivity index (χ1v) is 8.37. The summed E-state index contributed by atoms with van der Waals surface area (Å²) in [6.45, 7) is 4.10. The Bertz CT molecular complexity index is 369. The van der Waals surface area contributed by atoms with Gasteiger partial charge in [-0.15, -0.1) is 0 Å². The van der Waals surface area contributed by atoms with Gasteiger partial charge in [-0.3, -0.25) is 0 Å². The Morgan fingerprint density at radius 1 is 1.29 bits per heavy atom. The minimum absolute atomic E-state index is 0.253. The highest BCUT2D eigenvalue weighted by molar-refractivity contribution is 7.92. The number of unbranched alkanes of at least 4 members (excludes halogenated alkanes) is 1. The zero-order chi connectivity index (χ0) is 12.9. The first-order valence-electron chi connectivity index (χ1n) is 6.66. The molecule has 0 bridgehead atoms. The van der Waals surface area contributed by atoms with Crippen LogP contribution in [0.5, 0.6) is 0 Å². The Kier molecular flexibility index (Phi) is 5.45. The SMILES string of the molecule is CCCCS(=O)(=O)C1CC(CC)CCC1C#N. The fourth-order valence-electron chi connectivity index (χ4n) is 2.62. The summed E-state index contributed by atoms with van der Waals surface area (Å²) >= 11 is 0. The molecule has 0 heterocycles. The minimum atomic E-state index is -3.07. The zero-order valence-electron chi connectivity index (χ0n) is 10.9. The van der Waals surface area contributed by atoms with Gasteiger partial charge in [-0.1, -0.05) is 26.7 Å². The van der Waals surface area contributed by atoms with Crippen LogP contribution in [-0.4, -0.2) is 19.4 Å². The maximum Gasteiger partial charge on any atom is 0.154 e. The molecule has 0 saturated heterocycles. The van der Waals surface area contributed by atoms with Crippen molar-refractivity contribution in [2.45, 2.75) is 57.6 Å². The average molecular weight is 257 g/mol. The zero-order valence-corrected chi connectivity index (χ0v) is 11.7. The molecule has 4 heteroatoms. The van der Waals surface area contributed by atoms with Gasteiger partial charge < -0.3 is 0 Å². The van der Waals surface area contributed by atoms with Crippen molar-refractivity contribution < 1.29 is 8.42 Å². The number of nitrogens with zero attached hydrogens (tertiary/aromatic N) is 1. The van der Waals surface area contributed by atoms with Crippen LogP contribution in [0, 0.1) is 23.2 Å². The van der Waals surface area contributed by atoms with E-state index in [4.69, 9.17) is 5.26 Å². The van der Waals surface area contributed by atoms with Crippen LogP contribution in [0.1, 0.15) is 52.4 Å².